The van der Waals surface area contributed by atoms with Gasteiger partial charge >= 0.3 is 5.97 Å². The molecule has 4 atom stereocenters. The molecule has 1 saturated heterocycles. The van der Waals surface area contributed by atoms with Crippen molar-refractivity contribution in [2.45, 2.75) is 38.3 Å². The fourth-order valence-corrected chi connectivity index (χ4v) is 6.84. The molecule has 8 nitrogen and oxygen atoms in total. The van der Waals surface area contributed by atoms with Crippen molar-refractivity contribution in [1.29, 1.82) is 0 Å². The summed E-state index contributed by atoms with van der Waals surface area (Å²) in [6, 6.07) is 28.4. The number of nitrogens with zero attached hydrogens (tertiary/aromatic N) is 1. The van der Waals surface area contributed by atoms with Crippen LogP contribution in [0.2, 0.25) is 0 Å². The number of aryl methyl sites for hydroxylation is 2. The Balaban J connectivity index is 1.35. The Morgan fingerprint density at radius 1 is 0.933 bits per heavy atom. The van der Waals surface area contributed by atoms with Gasteiger partial charge in [0.1, 0.15) is 5.75 Å². The number of carboxylic acid groups (broad SMARTS) is 1. The minimum atomic E-state index is -0.920. The third-order valence-corrected chi connectivity index (χ3v) is 9.06. The summed E-state index contributed by atoms with van der Waals surface area (Å²) in [6.07, 6.45) is 0.831. The molecule has 232 valence electrons. The fourth-order valence-electron chi connectivity index (χ4n) is 6.84. The molecule has 4 aromatic carbocycles. The Bertz CT molecular complexity index is 1690. The number of fused-ring (bicyclic) bond motifs is 1. The van der Waals surface area contributed by atoms with E-state index in [4.69, 9.17) is 14.2 Å². The predicted molar refractivity (Wildman–Crippen MR) is 171 cm³/mol. The van der Waals surface area contributed by atoms with Crippen LogP contribution in [0.1, 0.15) is 58.3 Å². The van der Waals surface area contributed by atoms with Gasteiger partial charge in [-0.1, -0.05) is 73.7 Å². The van der Waals surface area contributed by atoms with Crippen molar-refractivity contribution >= 4 is 11.9 Å². The van der Waals surface area contributed by atoms with Gasteiger partial charge in [-0.05, 0) is 71.0 Å². The van der Waals surface area contributed by atoms with E-state index in [0.717, 1.165) is 39.8 Å². The molecular formula is C37H38N2O6. The van der Waals surface area contributed by atoms with Gasteiger partial charge in [0.15, 0.2) is 11.5 Å². The summed E-state index contributed by atoms with van der Waals surface area (Å²) >= 11 is 0. The third kappa shape index (κ3) is 6.11. The van der Waals surface area contributed by atoms with Crippen LogP contribution in [-0.2, 0) is 16.0 Å². The van der Waals surface area contributed by atoms with Crippen molar-refractivity contribution < 1.29 is 28.9 Å². The van der Waals surface area contributed by atoms with Gasteiger partial charge in [0, 0.05) is 18.5 Å². The first-order valence-electron chi connectivity index (χ1n) is 15.3. The number of methoxy groups -OCH3 is 1. The first-order chi connectivity index (χ1) is 21.9. The molecule has 1 fully saturated rings. The lowest BCUT2D eigenvalue weighted by atomic mass is 9.82. The largest absolute Gasteiger partial charge is 0.497 e. The van der Waals surface area contributed by atoms with Gasteiger partial charge < -0.3 is 24.6 Å². The van der Waals surface area contributed by atoms with E-state index >= 15 is 0 Å². The summed E-state index contributed by atoms with van der Waals surface area (Å²) in [7, 11) is 1.60. The standard InChI is InChI=1S/C37H38N2O6/c1-4-24-10-6-8-12-29(24)35(28-11-7-5-9-23(28)2)38-33(40)21-39-20-30(26-15-18-31-32(19-26)45-22-44-31)34(37(41)42)36(39)25-13-16-27(43-3)17-14-25/h5-19,30,34-36H,4,20-22H2,1-3H3,(H,38,40)(H,41,42)/t30-,34-,35?,36+/m1/s1. The fraction of sp³-hybridized carbons (Fsp3) is 0.297. The maximum absolute atomic E-state index is 14.1. The summed E-state index contributed by atoms with van der Waals surface area (Å²) < 4.78 is 16.5. The second kappa shape index (κ2) is 13.0. The summed E-state index contributed by atoms with van der Waals surface area (Å²) in [5, 5.41) is 14.0. The monoisotopic (exact) mass is 606 g/mol. The maximum atomic E-state index is 14.1. The normalized spacial score (nSPS) is 19.7. The minimum Gasteiger partial charge on any atom is -0.497 e. The number of rotatable bonds is 10. The molecule has 2 N–H and O–H groups in total. The van der Waals surface area contributed by atoms with E-state index in [1.54, 1.807) is 7.11 Å². The van der Waals surface area contributed by atoms with Crippen LogP contribution in [0.3, 0.4) is 0 Å². The lowest BCUT2D eigenvalue weighted by Crippen LogP contribution is -2.40. The van der Waals surface area contributed by atoms with Gasteiger partial charge in [0.05, 0.1) is 25.6 Å². The number of likely N-dealkylation sites (tertiary alicyclic amines) is 1. The zero-order valence-corrected chi connectivity index (χ0v) is 25.7. The second-order valence-electron chi connectivity index (χ2n) is 11.6. The van der Waals surface area contributed by atoms with Gasteiger partial charge in [-0.25, -0.2) is 0 Å². The lowest BCUT2D eigenvalue weighted by Gasteiger charge is -2.29. The number of carbonyl (C=O) groups excluding carboxylic acids is 1. The van der Waals surface area contributed by atoms with Crippen LogP contribution in [0, 0.1) is 12.8 Å². The SMILES string of the molecule is CCc1ccccc1C(NC(=O)CN1C[C@H](c2ccc3c(c2)OCO3)[C@@H](C(=O)O)[C@@H]1c1ccc(OC)cc1)c1ccccc1C. The van der Waals surface area contributed by atoms with E-state index in [1.165, 1.54) is 0 Å². The highest BCUT2D eigenvalue weighted by molar-refractivity contribution is 5.80. The van der Waals surface area contributed by atoms with Crippen LogP contribution in [0.15, 0.2) is 91.0 Å². The summed E-state index contributed by atoms with van der Waals surface area (Å²) in [4.78, 5) is 29.1. The van der Waals surface area contributed by atoms with E-state index in [-0.39, 0.29) is 31.2 Å². The first-order valence-corrected chi connectivity index (χ1v) is 15.3. The van der Waals surface area contributed by atoms with Gasteiger partial charge in [0.2, 0.25) is 12.7 Å². The molecule has 0 aromatic heterocycles. The van der Waals surface area contributed by atoms with Crippen molar-refractivity contribution in [2.24, 2.45) is 5.92 Å². The zero-order valence-electron chi connectivity index (χ0n) is 25.7. The van der Waals surface area contributed by atoms with E-state index < -0.39 is 17.9 Å². The van der Waals surface area contributed by atoms with E-state index in [1.807, 2.05) is 71.6 Å². The molecule has 4 aromatic rings. The van der Waals surface area contributed by atoms with Crippen molar-refractivity contribution in [3.63, 3.8) is 0 Å². The van der Waals surface area contributed by atoms with E-state index in [9.17, 15) is 14.7 Å². The number of hydrogen-bond donors (Lipinski definition) is 2. The molecule has 2 heterocycles. The smallest absolute Gasteiger partial charge is 0.309 e. The van der Waals surface area contributed by atoms with Crippen LogP contribution >= 0.6 is 0 Å². The molecule has 2 aliphatic heterocycles. The quantitative estimate of drug-likeness (QED) is 0.227. The molecule has 6 rings (SSSR count). The Kier molecular flexibility index (Phi) is 8.76. The topological polar surface area (TPSA) is 97.3 Å². The number of carbonyl (C=O) groups is 2. The van der Waals surface area contributed by atoms with Gasteiger partial charge in [0.25, 0.3) is 0 Å². The molecule has 45 heavy (non-hydrogen) atoms. The first kappa shape index (κ1) is 30.2. The average molecular weight is 607 g/mol. The molecule has 0 radical (unpaired) electrons. The number of benzene rings is 4. The highest BCUT2D eigenvalue weighted by Crippen LogP contribution is 2.47. The average Bonchev–Trinajstić information content (AvgIpc) is 3.68. The number of aliphatic carboxylic acids is 1. The van der Waals surface area contributed by atoms with Crippen LogP contribution in [-0.4, -0.2) is 48.9 Å². The van der Waals surface area contributed by atoms with E-state index in [2.05, 4.69) is 43.4 Å². The Morgan fingerprint density at radius 3 is 2.33 bits per heavy atom. The lowest BCUT2D eigenvalue weighted by molar-refractivity contribution is -0.143. The van der Waals surface area contributed by atoms with Crippen LogP contribution in [0.4, 0.5) is 0 Å². The molecule has 1 amide bonds. The van der Waals surface area contributed by atoms with Crippen LogP contribution in [0.5, 0.6) is 17.2 Å². The van der Waals surface area contributed by atoms with Gasteiger partial charge in [-0.15, -0.1) is 0 Å². The third-order valence-electron chi connectivity index (χ3n) is 9.06. The maximum Gasteiger partial charge on any atom is 0.309 e. The number of hydrogen-bond acceptors (Lipinski definition) is 6. The predicted octanol–water partition coefficient (Wildman–Crippen LogP) is 6.04. The molecule has 0 spiro atoms. The summed E-state index contributed by atoms with van der Waals surface area (Å²) in [6.45, 7) is 4.70. The van der Waals surface area contributed by atoms with Crippen molar-refractivity contribution in [3.8, 4) is 17.2 Å². The Hall–Kier alpha value is -4.82. The molecule has 0 bridgehead atoms. The van der Waals surface area contributed by atoms with Crippen LogP contribution < -0.4 is 19.5 Å². The molecule has 2 aliphatic rings. The summed E-state index contributed by atoms with van der Waals surface area (Å²) in [5.74, 6) is -0.370. The zero-order chi connectivity index (χ0) is 31.5. The molecule has 0 aliphatic carbocycles. The summed E-state index contributed by atoms with van der Waals surface area (Å²) in [5.41, 5.74) is 5.98. The molecular weight excluding hydrogens is 568 g/mol. The number of amides is 1. The van der Waals surface area contributed by atoms with Crippen molar-refractivity contribution in [2.75, 3.05) is 27.0 Å². The highest BCUT2D eigenvalue weighted by atomic mass is 16.7. The van der Waals surface area contributed by atoms with E-state index in [0.29, 0.717) is 23.8 Å². The van der Waals surface area contributed by atoms with Crippen molar-refractivity contribution in [1.82, 2.24) is 10.2 Å². The van der Waals surface area contributed by atoms with Crippen LogP contribution in [0.25, 0.3) is 0 Å². The molecule has 0 saturated carbocycles. The van der Waals surface area contributed by atoms with Gasteiger partial charge in [-0.3, -0.25) is 14.5 Å². The molecule has 8 heteroatoms. The Morgan fingerprint density at radius 2 is 1.62 bits per heavy atom. The number of nitrogens with one attached hydrogen (secondary N) is 1. The number of carboxylic acids is 1. The highest BCUT2D eigenvalue weighted by Gasteiger charge is 2.48. The Labute approximate surface area is 263 Å². The molecule has 1 unspecified atom stereocenters. The van der Waals surface area contributed by atoms with Gasteiger partial charge in [-0.2, -0.15) is 0 Å². The minimum absolute atomic E-state index is 0.0260. The second-order valence-corrected chi connectivity index (χ2v) is 11.6. The van der Waals surface area contributed by atoms with Crippen molar-refractivity contribution in [3.05, 3.63) is 124 Å². The number of ether oxygens (including phenoxy) is 3.